The zero-order valence-corrected chi connectivity index (χ0v) is 55.4. The molecular weight excluding hydrogens is 1150 g/mol. The van der Waals surface area contributed by atoms with Gasteiger partial charge in [-0.15, -0.1) is 0 Å². The van der Waals surface area contributed by atoms with Crippen LogP contribution in [0.2, 0.25) is 36.3 Å². The second kappa shape index (κ2) is 31.0. The molecule has 7 amide bonds. The van der Waals surface area contributed by atoms with E-state index in [4.69, 9.17) is 37.3 Å². The smallest absolute Gasteiger partial charge is 0.411 e. The van der Waals surface area contributed by atoms with Crippen molar-refractivity contribution >= 4 is 75.6 Å². The number of nitrogens with one attached hydrogen (secondary N) is 5. The first-order valence-corrected chi connectivity index (χ1v) is 35.4. The van der Waals surface area contributed by atoms with Crippen molar-refractivity contribution in [2.75, 3.05) is 76.3 Å². The molecule has 0 aliphatic carbocycles. The quantitative estimate of drug-likeness (QED) is 0.0224. The fourth-order valence-corrected chi connectivity index (χ4v) is 11.2. The molecule has 0 radical (unpaired) electrons. The molecule has 87 heavy (non-hydrogen) atoms. The van der Waals surface area contributed by atoms with E-state index in [0.717, 1.165) is 25.7 Å². The number of nitrogens with zero attached hydrogens (tertiary/aromatic N) is 2. The van der Waals surface area contributed by atoms with Crippen molar-refractivity contribution in [3.05, 3.63) is 77.9 Å². The Bertz CT molecular complexity index is 2910. The highest BCUT2D eigenvalue weighted by Crippen LogP contribution is 2.41. The van der Waals surface area contributed by atoms with E-state index in [9.17, 15) is 38.7 Å². The average molecular weight is 1250 g/mol. The lowest BCUT2D eigenvalue weighted by Gasteiger charge is -2.38. The lowest BCUT2D eigenvalue weighted by atomic mass is 10.0. The summed E-state index contributed by atoms with van der Waals surface area (Å²) in [4.78, 5) is 96.6. The maximum Gasteiger partial charge on any atom is 0.411 e. The molecule has 2 fully saturated rings. The SMILES string of the molecule is C=CCOC(=O)N[C@H](C(=O)N[C@@H](C)C(=O)Nc1ccc(COC(=O)Nc2cc(OCCCOc3cc(NC(=O)O)c(C(=O)N4CCC[C@H]4CO[Si](C)(C)C(C)(C)C)cc3OC)c(OC)cc2C(=O)N2CCC[C@H]2CO[Si](C)(C)C(C)(C)C)cc1)C(C)C. The number of rotatable bonds is 28. The number of anilines is 3. The summed E-state index contributed by atoms with van der Waals surface area (Å²) in [5, 5.41) is 22.8. The van der Waals surface area contributed by atoms with E-state index >= 15 is 0 Å². The molecule has 0 bridgehead atoms. The standard InChI is InChI=1S/C62H93N7O16Si2/c1-17-29-82-60(77)67-53(39(2)3)55(71)63-40(4)54(70)64-42-25-23-41(24-26-42)36-83-59(76)66-48-35-52(50(79-12)33-46(48)57(73)69-28-19-22-44(69)38-85-87(15,16)62(8,9)10)81-31-20-30-80-51-34-47(65-58(74)75)45(32-49(51)78-11)56(72)68-27-18-21-43(68)37-84-86(13,14)61(5,6)7/h17,23-26,32-35,39-40,43-44,53,65H,1,18-22,27-31,36-38H2,2-16H3,(H,63,71)(H,64,70)(H,66,76)(H,67,77)(H,74,75)/t40-,43-,44-,53-/m0/s1. The number of carbonyl (C=O) groups excluding carboxylic acids is 6. The van der Waals surface area contributed by atoms with Gasteiger partial charge < -0.3 is 68.1 Å². The zero-order chi connectivity index (χ0) is 64.6. The Morgan fingerprint density at radius 3 is 1.57 bits per heavy atom. The van der Waals surface area contributed by atoms with E-state index < -0.39 is 58.8 Å². The summed E-state index contributed by atoms with van der Waals surface area (Å²) in [6.07, 6.45) is 1.65. The third kappa shape index (κ3) is 19.6. The molecule has 480 valence electrons. The molecule has 25 heteroatoms. The summed E-state index contributed by atoms with van der Waals surface area (Å²) in [6, 6.07) is 10.1. The highest BCUT2D eigenvalue weighted by atomic mass is 28.4. The summed E-state index contributed by atoms with van der Waals surface area (Å²) in [6.45, 7) is 31.7. The number of amides is 7. The molecule has 6 N–H and O–H groups in total. The van der Waals surface area contributed by atoms with Crippen LogP contribution < -0.4 is 45.5 Å². The van der Waals surface area contributed by atoms with Crippen LogP contribution in [0.3, 0.4) is 0 Å². The van der Waals surface area contributed by atoms with Crippen LogP contribution in [0.1, 0.15) is 121 Å². The average Bonchev–Trinajstić information content (AvgIpc) is 1.99. The van der Waals surface area contributed by atoms with Crippen molar-refractivity contribution in [3.63, 3.8) is 0 Å². The number of methoxy groups -OCH3 is 2. The predicted molar refractivity (Wildman–Crippen MR) is 337 cm³/mol. The molecule has 2 saturated heterocycles. The molecule has 2 aliphatic rings. The minimum atomic E-state index is -2.17. The van der Waals surface area contributed by atoms with Gasteiger partial charge in [0, 0.05) is 37.3 Å². The van der Waals surface area contributed by atoms with E-state index in [0.29, 0.717) is 37.6 Å². The fourth-order valence-electron chi connectivity index (χ4n) is 9.10. The molecule has 0 spiro atoms. The minimum absolute atomic E-state index is 0.0181. The largest absolute Gasteiger partial charge is 0.493 e. The van der Waals surface area contributed by atoms with Crippen LogP contribution in [-0.2, 0) is 34.5 Å². The summed E-state index contributed by atoms with van der Waals surface area (Å²) < 4.78 is 47.6. The number of likely N-dealkylation sites (tertiary alicyclic amines) is 2. The van der Waals surface area contributed by atoms with Gasteiger partial charge in [-0.3, -0.25) is 29.8 Å². The van der Waals surface area contributed by atoms with Crippen molar-refractivity contribution in [1.29, 1.82) is 0 Å². The van der Waals surface area contributed by atoms with Crippen molar-refractivity contribution in [1.82, 2.24) is 20.4 Å². The van der Waals surface area contributed by atoms with Crippen molar-refractivity contribution in [3.8, 4) is 23.0 Å². The highest BCUT2D eigenvalue weighted by molar-refractivity contribution is 6.74. The normalized spacial score (nSPS) is 16.0. The topological polar surface area (TPSA) is 280 Å². The van der Waals surface area contributed by atoms with E-state index in [-0.39, 0.29) is 118 Å². The van der Waals surface area contributed by atoms with E-state index in [1.54, 1.807) is 47.9 Å². The van der Waals surface area contributed by atoms with E-state index in [1.165, 1.54) is 51.5 Å². The number of hydrogen-bond donors (Lipinski definition) is 6. The van der Waals surface area contributed by atoms with Gasteiger partial charge in [-0.1, -0.05) is 80.2 Å². The van der Waals surface area contributed by atoms with Gasteiger partial charge >= 0.3 is 18.3 Å². The zero-order valence-electron chi connectivity index (χ0n) is 53.4. The minimum Gasteiger partial charge on any atom is -0.493 e. The number of benzene rings is 3. The maximum atomic E-state index is 14.7. The molecule has 23 nitrogen and oxygen atoms in total. The van der Waals surface area contributed by atoms with Gasteiger partial charge in [-0.05, 0) is 105 Å². The van der Waals surface area contributed by atoms with Crippen LogP contribution in [0.15, 0.2) is 61.2 Å². The van der Waals surface area contributed by atoms with Gasteiger partial charge in [0.25, 0.3) is 11.8 Å². The number of carboxylic acid groups (broad SMARTS) is 1. The monoisotopic (exact) mass is 1250 g/mol. The highest BCUT2D eigenvalue weighted by Gasteiger charge is 2.42. The van der Waals surface area contributed by atoms with Crippen LogP contribution in [0.5, 0.6) is 23.0 Å². The molecule has 3 aromatic carbocycles. The number of ether oxygens (including phenoxy) is 6. The Labute approximate surface area is 514 Å². The number of alkyl carbamates (subject to hydrolysis) is 1. The molecular formula is C62H93N7O16Si2. The maximum absolute atomic E-state index is 14.7. The van der Waals surface area contributed by atoms with Crippen molar-refractivity contribution < 1.29 is 75.9 Å². The van der Waals surface area contributed by atoms with Gasteiger partial charge in [0.05, 0.1) is 75.2 Å². The fraction of sp³-hybridized carbons (Fsp3) is 0.565. The Balaban J connectivity index is 1.29. The molecule has 4 atom stereocenters. The van der Waals surface area contributed by atoms with Crippen molar-refractivity contribution in [2.24, 2.45) is 5.92 Å². The van der Waals surface area contributed by atoms with Gasteiger partial charge in [-0.2, -0.15) is 0 Å². The Morgan fingerprint density at radius 2 is 1.14 bits per heavy atom. The van der Waals surface area contributed by atoms with E-state index in [2.05, 4.69) is 101 Å². The molecule has 5 rings (SSSR count). The number of hydrogen-bond acceptors (Lipinski definition) is 15. The van der Waals surface area contributed by atoms with Crippen LogP contribution in [0.25, 0.3) is 0 Å². The molecule has 3 aromatic rings. The van der Waals surface area contributed by atoms with Crippen LogP contribution in [0, 0.1) is 5.92 Å². The molecule has 2 heterocycles. The van der Waals surface area contributed by atoms with Crippen LogP contribution >= 0.6 is 0 Å². The van der Waals surface area contributed by atoms with Gasteiger partial charge in [-0.25, -0.2) is 14.4 Å². The summed E-state index contributed by atoms with van der Waals surface area (Å²) >= 11 is 0. The van der Waals surface area contributed by atoms with Gasteiger partial charge in [0.1, 0.15) is 25.3 Å². The third-order valence-corrected chi connectivity index (χ3v) is 25.4. The summed E-state index contributed by atoms with van der Waals surface area (Å²) in [7, 11) is -1.42. The van der Waals surface area contributed by atoms with Gasteiger partial charge in [0.2, 0.25) is 11.8 Å². The Kier molecular flexibility index (Phi) is 25.1. The summed E-state index contributed by atoms with van der Waals surface area (Å²) in [5.41, 5.74) is 1.33. The van der Waals surface area contributed by atoms with E-state index in [1.807, 2.05) is 0 Å². The molecule has 0 aromatic heterocycles. The molecule has 0 unspecified atom stereocenters. The first-order chi connectivity index (χ1) is 40.8. The Hall–Kier alpha value is -7.36. The third-order valence-electron chi connectivity index (χ3n) is 16.4. The first kappa shape index (κ1) is 70.4. The van der Waals surface area contributed by atoms with Crippen molar-refractivity contribution in [2.45, 2.75) is 161 Å². The van der Waals surface area contributed by atoms with Gasteiger partial charge in [0.15, 0.2) is 39.6 Å². The van der Waals surface area contributed by atoms with Crippen LogP contribution in [-0.4, -0.2) is 158 Å². The lowest BCUT2D eigenvalue weighted by molar-refractivity contribution is -0.128. The second-order valence-electron chi connectivity index (χ2n) is 25.2. The summed E-state index contributed by atoms with van der Waals surface area (Å²) in [5.74, 6) is -1.31. The molecule has 0 saturated carbocycles. The predicted octanol–water partition coefficient (Wildman–Crippen LogP) is 11.0. The number of carbonyl (C=O) groups is 7. The van der Waals surface area contributed by atoms with Crippen LogP contribution in [0.4, 0.5) is 31.4 Å². The first-order valence-electron chi connectivity index (χ1n) is 29.6. The Morgan fingerprint density at radius 1 is 0.655 bits per heavy atom. The second-order valence-corrected chi connectivity index (χ2v) is 34.8. The molecule has 2 aliphatic heterocycles. The lowest BCUT2D eigenvalue weighted by Crippen LogP contribution is -2.53.